The van der Waals surface area contributed by atoms with Crippen LogP contribution in [0.25, 0.3) is 17.8 Å². The van der Waals surface area contributed by atoms with E-state index in [0.29, 0.717) is 18.8 Å². The molecule has 8 heteroatoms. The summed E-state index contributed by atoms with van der Waals surface area (Å²) in [5.74, 6) is 1.77. The number of hydrogen-bond acceptors (Lipinski definition) is 5. The van der Waals surface area contributed by atoms with Gasteiger partial charge in [-0.25, -0.2) is 19.0 Å². The van der Waals surface area contributed by atoms with Crippen LogP contribution in [-0.2, 0) is 16.9 Å². The molecule has 0 fully saturated rings. The van der Waals surface area contributed by atoms with Crippen molar-refractivity contribution in [3.8, 4) is 11.4 Å². The van der Waals surface area contributed by atoms with Crippen LogP contribution in [0, 0.1) is 12.7 Å². The second-order valence-corrected chi connectivity index (χ2v) is 7.99. The Kier molecular flexibility index (Phi) is 5.30. The van der Waals surface area contributed by atoms with Crippen molar-refractivity contribution in [2.45, 2.75) is 25.5 Å². The van der Waals surface area contributed by atoms with Gasteiger partial charge in [0, 0.05) is 26.3 Å². The topological polar surface area (TPSA) is 67.0 Å². The summed E-state index contributed by atoms with van der Waals surface area (Å²) in [6.45, 7) is 2.62. The molecule has 0 saturated carbocycles. The van der Waals surface area contributed by atoms with E-state index in [-0.39, 0.29) is 5.82 Å². The van der Waals surface area contributed by atoms with E-state index in [2.05, 4.69) is 10.1 Å². The molecule has 0 bridgehead atoms. The molecule has 4 aromatic rings. The first-order valence-corrected chi connectivity index (χ1v) is 10.7. The zero-order valence-corrected chi connectivity index (χ0v) is 18.7. The molecule has 0 radical (unpaired) electrons. The molecule has 1 atom stereocenters. The first-order chi connectivity index (χ1) is 16.0. The molecule has 1 aliphatic rings. The van der Waals surface area contributed by atoms with Gasteiger partial charge in [0.25, 0.3) is 0 Å². The molecule has 0 N–H and O–H groups in total. The average molecular weight is 445 g/mol. The number of nitrogens with zero attached hydrogens (tertiary/aromatic N) is 5. The van der Waals surface area contributed by atoms with Gasteiger partial charge in [-0.15, -0.1) is 0 Å². The quantitative estimate of drug-likeness (QED) is 0.441. The van der Waals surface area contributed by atoms with Gasteiger partial charge in [-0.3, -0.25) is 0 Å². The molecule has 1 unspecified atom stereocenters. The van der Waals surface area contributed by atoms with Crippen LogP contribution in [-0.4, -0.2) is 38.5 Å². The maximum atomic E-state index is 13.4. The van der Waals surface area contributed by atoms with Gasteiger partial charge in [0.05, 0.1) is 24.8 Å². The largest absolute Gasteiger partial charge is 0.495 e. The van der Waals surface area contributed by atoms with Crippen LogP contribution in [0.2, 0.25) is 0 Å². The first kappa shape index (κ1) is 21.1. The van der Waals surface area contributed by atoms with Gasteiger partial charge in [0.1, 0.15) is 11.6 Å². The van der Waals surface area contributed by atoms with Crippen molar-refractivity contribution >= 4 is 12.2 Å². The number of aromatic nitrogens is 5. The lowest BCUT2D eigenvalue weighted by atomic mass is 9.91. The zero-order valence-electron chi connectivity index (χ0n) is 18.7. The van der Waals surface area contributed by atoms with E-state index < -0.39 is 5.60 Å². The molecule has 2 aromatic heterocycles. The normalized spacial score (nSPS) is 17.6. The van der Waals surface area contributed by atoms with Crippen LogP contribution in [0.15, 0.2) is 55.0 Å². The number of benzene rings is 2. The SMILES string of the molecule is COc1cc(C=Cc2nc3n(n2)CCC3(OC)c2ccc(F)cc2)ccc1-n1cnc(C)c1. The fourth-order valence-electron chi connectivity index (χ4n) is 4.30. The number of halogens is 1. The van der Waals surface area contributed by atoms with Crippen molar-refractivity contribution in [2.75, 3.05) is 14.2 Å². The highest BCUT2D eigenvalue weighted by atomic mass is 19.1. The Morgan fingerprint density at radius 1 is 1.09 bits per heavy atom. The van der Waals surface area contributed by atoms with E-state index in [1.54, 1.807) is 32.7 Å². The third kappa shape index (κ3) is 3.72. The summed E-state index contributed by atoms with van der Waals surface area (Å²) in [5, 5.41) is 4.62. The van der Waals surface area contributed by atoms with Crippen LogP contribution >= 0.6 is 0 Å². The zero-order chi connectivity index (χ0) is 23.0. The van der Waals surface area contributed by atoms with Crippen LogP contribution < -0.4 is 4.74 Å². The van der Waals surface area contributed by atoms with Crippen LogP contribution in [0.4, 0.5) is 4.39 Å². The van der Waals surface area contributed by atoms with Gasteiger partial charge < -0.3 is 14.0 Å². The summed E-state index contributed by atoms with van der Waals surface area (Å²) in [6, 6.07) is 12.3. The molecule has 5 rings (SSSR count). The van der Waals surface area contributed by atoms with Crippen molar-refractivity contribution in [3.05, 3.63) is 89.3 Å². The van der Waals surface area contributed by atoms with Crippen molar-refractivity contribution < 1.29 is 13.9 Å². The monoisotopic (exact) mass is 445 g/mol. The molecule has 168 valence electrons. The summed E-state index contributed by atoms with van der Waals surface area (Å²) >= 11 is 0. The van der Waals surface area contributed by atoms with Gasteiger partial charge in [-0.05, 0) is 48.4 Å². The molecule has 7 nitrogen and oxygen atoms in total. The van der Waals surface area contributed by atoms with Crippen LogP contribution in [0.3, 0.4) is 0 Å². The third-order valence-electron chi connectivity index (χ3n) is 6.00. The number of rotatable bonds is 6. The molecule has 0 amide bonds. The highest BCUT2D eigenvalue weighted by Gasteiger charge is 2.44. The average Bonchev–Trinajstić information content (AvgIpc) is 3.53. The van der Waals surface area contributed by atoms with Crippen molar-refractivity contribution in [3.63, 3.8) is 0 Å². The van der Waals surface area contributed by atoms with Gasteiger partial charge in [-0.1, -0.05) is 24.3 Å². The second-order valence-electron chi connectivity index (χ2n) is 7.99. The summed E-state index contributed by atoms with van der Waals surface area (Å²) in [7, 11) is 3.30. The van der Waals surface area contributed by atoms with E-state index in [0.717, 1.165) is 34.1 Å². The van der Waals surface area contributed by atoms with Gasteiger partial charge in [0.15, 0.2) is 17.2 Å². The minimum Gasteiger partial charge on any atom is -0.495 e. The lowest BCUT2D eigenvalue weighted by Gasteiger charge is -2.26. The van der Waals surface area contributed by atoms with Crippen molar-refractivity contribution in [1.82, 2.24) is 24.3 Å². The minimum absolute atomic E-state index is 0.280. The Hall–Kier alpha value is -3.78. The van der Waals surface area contributed by atoms with E-state index >= 15 is 0 Å². The Morgan fingerprint density at radius 3 is 2.61 bits per heavy atom. The molecule has 3 heterocycles. The predicted molar refractivity (Wildman–Crippen MR) is 123 cm³/mol. The van der Waals surface area contributed by atoms with Gasteiger partial charge >= 0.3 is 0 Å². The lowest BCUT2D eigenvalue weighted by Crippen LogP contribution is -2.28. The lowest BCUT2D eigenvalue weighted by molar-refractivity contribution is 0.0202. The smallest absolute Gasteiger partial charge is 0.174 e. The first-order valence-electron chi connectivity index (χ1n) is 10.7. The molecule has 33 heavy (non-hydrogen) atoms. The number of methoxy groups -OCH3 is 2. The Labute approximate surface area is 191 Å². The van der Waals surface area contributed by atoms with E-state index in [1.165, 1.54) is 12.1 Å². The Morgan fingerprint density at radius 2 is 1.91 bits per heavy atom. The van der Waals surface area contributed by atoms with E-state index in [1.807, 2.05) is 52.7 Å². The number of ether oxygens (including phenoxy) is 2. The van der Waals surface area contributed by atoms with Gasteiger partial charge in [-0.2, -0.15) is 5.10 Å². The number of fused-ring (bicyclic) bond motifs is 1. The molecule has 0 saturated heterocycles. The standard InChI is InChI=1S/C25H24FN5O2/c1-17-15-30(16-27-17)21-10-4-18(14-22(21)32-2)5-11-23-28-24-25(33-3,12-13-31(24)29-23)19-6-8-20(26)9-7-19/h4-11,14-16H,12-13H2,1-3H3. The summed E-state index contributed by atoms with van der Waals surface area (Å²) in [5.41, 5.74) is 2.94. The number of hydrogen-bond donors (Lipinski definition) is 0. The molecule has 0 spiro atoms. The molecule has 1 aliphatic heterocycles. The molecule has 0 aliphatic carbocycles. The number of imidazole rings is 1. The van der Waals surface area contributed by atoms with Gasteiger partial charge in [0.2, 0.25) is 0 Å². The molecule has 2 aromatic carbocycles. The summed E-state index contributed by atoms with van der Waals surface area (Å²) < 4.78 is 28.7. The maximum absolute atomic E-state index is 13.4. The van der Waals surface area contributed by atoms with Crippen LogP contribution in [0.1, 0.15) is 34.9 Å². The fraction of sp³-hybridized carbons (Fsp3) is 0.240. The van der Waals surface area contributed by atoms with Crippen LogP contribution in [0.5, 0.6) is 5.75 Å². The van der Waals surface area contributed by atoms with E-state index in [9.17, 15) is 4.39 Å². The number of aryl methyl sites for hydroxylation is 2. The van der Waals surface area contributed by atoms with E-state index in [4.69, 9.17) is 14.5 Å². The molecular formula is C25H24FN5O2. The fourth-order valence-corrected chi connectivity index (χ4v) is 4.30. The Balaban J connectivity index is 1.43. The van der Waals surface area contributed by atoms with Crippen molar-refractivity contribution in [2.24, 2.45) is 0 Å². The summed E-state index contributed by atoms with van der Waals surface area (Å²) in [6.07, 6.45) is 8.23. The highest BCUT2D eigenvalue weighted by Crippen LogP contribution is 2.40. The van der Waals surface area contributed by atoms with Crippen molar-refractivity contribution in [1.29, 1.82) is 0 Å². The Bertz CT molecular complexity index is 1330. The summed E-state index contributed by atoms with van der Waals surface area (Å²) in [4.78, 5) is 9.02. The molecular weight excluding hydrogens is 421 g/mol. The maximum Gasteiger partial charge on any atom is 0.174 e. The second kappa shape index (κ2) is 8.29. The third-order valence-corrected chi connectivity index (χ3v) is 6.00. The minimum atomic E-state index is -0.736. The predicted octanol–water partition coefficient (Wildman–Crippen LogP) is 4.38. The highest BCUT2D eigenvalue weighted by molar-refractivity contribution is 5.69.